The summed E-state index contributed by atoms with van der Waals surface area (Å²) in [5, 5.41) is 0. The van der Waals surface area contributed by atoms with E-state index in [9.17, 15) is 13.2 Å². The zero-order valence-corrected chi connectivity index (χ0v) is 12.8. The molecule has 0 N–H and O–H groups in total. The zero-order chi connectivity index (χ0) is 15.7. The maximum Gasteiger partial charge on any atom is 0.419 e. The summed E-state index contributed by atoms with van der Waals surface area (Å²) in [6.45, 7) is 3.32. The molecular weight excluding hydrogens is 291 g/mol. The Kier molecular flexibility index (Phi) is 4.35. The molecule has 22 heavy (non-hydrogen) atoms. The predicted molar refractivity (Wildman–Crippen MR) is 78.9 cm³/mol. The van der Waals surface area contributed by atoms with Gasteiger partial charge in [0.1, 0.15) is 12.4 Å². The summed E-state index contributed by atoms with van der Waals surface area (Å²) in [6, 6.07) is 6.63. The van der Waals surface area contributed by atoms with Crippen LogP contribution in [-0.2, 0) is 6.18 Å². The number of hydrogen-bond acceptors (Lipinski definition) is 2. The van der Waals surface area contributed by atoms with Crippen LogP contribution in [0.2, 0.25) is 0 Å². The van der Waals surface area contributed by atoms with Gasteiger partial charge in [-0.15, -0.1) is 0 Å². The van der Waals surface area contributed by atoms with E-state index in [1.54, 1.807) is 6.07 Å². The average Bonchev–Trinajstić information content (AvgIpc) is 2.69. The van der Waals surface area contributed by atoms with Gasteiger partial charge in [-0.2, -0.15) is 13.2 Å². The van der Waals surface area contributed by atoms with Gasteiger partial charge in [0.2, 0.25) is 0 Å². The Morgan fingerprint density at radius 2 is 1.77 bits per heavy atom. The Morgan fingerprint density at radius 3 is 2.41 bits per heavy atom. The third kappa shape index (κ3) is 3.24. The molecule has 2 aliphatic rings. The van der Waals surface area contributed by atoms with E-state index >= 15 is 0 Å². The van der Waals surface area contributed by atoms with E-state index < -0.39 is 11.7 Å². The molecule has 0 spiro atoms. The minimum Gasteiger partial charge on any atom is -0.492 e. The van der Waals surface area contributed by atoms with Crippen LogP contribution in [0.25, 0.3) is 0 Å². The molecule has 2 heterocycles. The smallest absolute Gasteiger partial charge is 0.419 e. The lowest BCUT2D eigenvalue weighted by atomic mass is 9.92. The number of piperidine rings is 1. The van der Waals surface area contributed by atoms with Crippen LogP contribution in [0.5, 0.6) is 5.75 Å². The second-order valence-corrected chi connectivity index (χ2v) is 6.54. The summed E-state index contributed by atoms with van der Waals surface area (Å²) in [6.07, 6.45) is 0.476. The summed E-state index contributed by atoms with van der Waals surface area (Å²) >= 11 is 0. The maximum absolute atomic E-state index is 12.9. The van der Waals surface area contributed by atoms with Gasteiger partial charge >= 0.3 is 6.18 Å². The van der Waals surface area contributed by atoms with Crippen molar-refractivity contribution in [2.75, 3.05) is 13.2 Å². The van der Waals surface area contributed by atoms with Crippen LogP contribution in [0.4, 0.5) is 13.2 Å². The van der Waals surface area contributed by atoms with Gasteiger partial charge in [-0.05, 0) is 43.7 Å². The lowest BCUT2D eigenvalue weighted by molar-refractivity contribution is -0.139. The number of alkyl halides is 3. The number of halogens is 3. The van der Waals surface area contributed by atoms with Crippen molar-refractivity contribution in [3.8, 4) is 5.75 Å². The quantitative estimate of drug-likeness (QED) is 0.819. The molecule has 0 saturated carbocycles. The Morgan fingerprint density at radius 1 is 1.14 bits per heavy atom. The molecule has 5 heteroatoms. The van der Waals surface area contributed by atoms with Crippen molar-refractivity contribution in [1.29, 1.82) is 0 Å². The highest BCUT2D eigenvalue weighted by atomic mass is 19.4. The van der Waals surface area contributed by atoms with E-state index in [1.807, 2.05) is 0 Å². The molecule has 2 aliphatic heterocycles. The first kappa shape index (κ1) is 15.7. The molecule has 2 nitrogen and oxygen atoms in total. The number of rotatable bonds is 4. The van der Waals surface area contributed by atoms with Gasteiger partial charge in [0.15, 0.2) is 0 Å². The minimum atomic E-state index is -4.36. The molecule has 3 rings (SSSR count). The van der Waals surface area contributed by atoms with Crippen molar-refractivity contribution >= 4 is 0 Å². The molecule has 1 aromatic rings. The van der Waals surface area contributed by atoms with Crippen molar-refractivity contribution in [3.05, 3.63) is 29.8 Å². The summed E-state index contributed by atoms with van der Waals surface area (Å²) in [7, 11) is 0. The molecule has 2 unspecified atom stereocenters. The standard InChI is InChI=1S/C17H22F3NO/c1-12-10-13-6-7-14(11-12)21(13)8-9-22-16-5-3-2-4-15(16)17(18,19)20/h2-5,12-14H,6-11H2,1H3. The van der Waals surface area contributed by atoms with Crippen molar-refractivity contribution in [1.82, 2.24) is 4.90 Å². The van der Waals surface area contributed by atoms with Crippen LogP contribution in [-0.4, -0.2) is 30.1 Å². The largest absolute Gasteiger partial charge is 0.492 e. The third-order valence-corrected chi connectivity index (χ3v) is 4.92. The van der Waals surface area contributed by atoms with E-state index in [0.717, 1.165) is 12.0 Å². The number of ether oxygens (including phenoxy) is 1. The molecule has 2 fully saturated rings. The van der Waals surface area contributed by atoms with Gasteiger partial charge in [-0.3, -0.25) is 4.90 Å². The van der Waals surface area contributed by atoms with Gasteiger partial charge in [-0.25, -0.2) is 0 Å². The van der Waals surface area contributed by atoms with E-state index in [4.69, 9.17) is 4.74 Å². The summed E-state index contributed by atoms with van der Waals surface area (Å²) in [5.41, 5.74) is -0.690. The fraction of sp³-hybridized carbons (Fsp3) is 0.647. The molecule has 2 bridgehead atoms. The molecule has 122 valence electrons. The second kappa shape index (κ2) is 6.11. The summed E-state index contributed by atoms with van der Waals surface area (Å²) in [4.78, 5) is 2.44. The highest BCUT2D eigenvalue weighted by Gasteiger charge is 2.39. The first-order valence-corrected chi connectivity index (χ1v) is 8.00. The van der Waals surface area contributed by atoms with Crippen LogP contribution in [0, 0.1) is 5.92 Å². The van der Waals surface area contributed by atoms with Gasteiger partial charge in [-0.1, -0.05) is 19.1 Å². The highest BCUT2D eigenvalue weighted by molar-refractivity contribution is 5.35. The average molecular weight is 313 g/mol. The van der Waals surface area contributed by atoms with Crippen LogP contribution in [0.3, 0.4) is 0 Å². The number of fused-ring (bicyclic) bond motifs is 2. The topological polar surface area (TPSA) is 12.5 Å². The Hall–Kier alpha value is -1.23. The van der Waals surface area contributed by atoms with E-state index in [0.29, 0.717) is 25.2 Å². The van der Waals surface area contributed by atoms with Gasteiger partial charge in [0.05, 0.1) is 5.56 Å². The summed E-state index contributed by atoms with van der Waals surface area (Å²) in [5.74, 6) is 0.702. The fourth-order valence-corrected chi connectivity index (χ4v) is 4.00. The zero-order valence-electron chi connectivity index (χ0n) is 12.8. The van der Waals surface area contributed by atoms with E-state index in [1.165, 1.54) is 37.8 Å². The fourth-order valence-electron chi connectivity index (χ4n) is 4.00. The lowest BCUT2D eigenvalue weighted by Crippen LogP contribution is -2.44. The SMILES string of the molecule is CC1CC2CCC(C1)N2CCOc1ccccc1C(F)(F)F. The predicted octanol–water partition coefficient (Wildman–Crippen LogP) is 4.35. The monoisotopic (exact) mass is 313 g/mol. The van der Waals surface area contributed by atoms with Crippen LogP contribution >= 0.6 is 0 Å². The molecule has 1 aromatic carbocycles. The Balaban J connectivity index is 1.58. The van der Waals surface area contributed by atoms with Crippen LogP contribution in [0.15, 0.2) is 24.3 Å². The van der Waals surface area contributed by atoms with Gasteiger partial charge in [0.25, 0.3) is 0 Å². The molecular formula is C17H22F3NO. The molecule has 2 atom stereocenters. The van der Waals surface area contributed by atoms with Crippen molar-refractivity contribution in [3.63, 3.8) is 0 Å². The Bertz CT molecular complexity index is 503. The number of nitrogens with zero attached hydrogens (tertiary/aromatic N) is 1. The lowest BCUT2D eigenvalue weighted by Gasteiger charge is -2.37. The normalized spacial score (nSPS) is 28.8. The first-order chi connectivity index (χ1) is 10.4. The Labute approximate surface area is 129 Å². The number of para-hydroxylation sites is 1. The van der Waals surface area contributed by atoms with Gasteiger partial charge in [0, 0.05) is 18.6 Å². The highest BCUT2D eigenvalue weighted by Crippen LogP contribution is 2.38. The molecule has 0 aliphatic carbocycles. The molecule has 2 saturated heterocycles. The third-order valence-electron chi connectivity index (χ3n) is 4.92. The van der Waals surface area contributed by atoms with Crippen LogP contribution < -0.4 is 4.74 Å². The minimum absolute atomic E-state index is 0.0623. The molecule has 0 amide bonds. The number of hydrogen-bond donors (Lipinski definition) is 0. The van der Waals surface area contributed by atoms with E-state index in [-0.39, 0.29) is 5.75 Å². The molecule has 0 aromatic heterocycles. The molecule has 0 radical (unpaired) electrons. The summed E-state index contributed by atoms with van der Waals surface area (Å²) < 4.78 is 44.2. The van der Waals surface area contributed by atoms with Gasteiger partial charge < -0.3 is 4.74 Å². The number of benzene rings is 1. The van der Waals surface area contributed by atoms with Crippen LogP contribution in [0.1, 0.15) is 38.2 Å². The maximum atomic E-state index is 12.9. The van der Waals surface area contributed by atoms with Crippen molar-refractivity contribution < 1.29 is 17.9 Å². The van der Waals surface area contributed by atoms with E-state index in [2.05, 4.69) is 11.8 Å². The van der Waals surface area contributed by atoms with Crippen molar-refractivity contribution in [2.24, 2.45) is 5.92 Å². The first-order valence-electron chi connectivity index (χ1n) is 8.00. The van der Waals surface area contributed by atoms with Crippen molar-refractivity contribution in [2.45, 2.75) is 50.9 Å². The second-order valence-electron chi connectivity index (χ2n) is 6.54.